The predicted molar refractivity (Wildman–Crippen MR) is 69.0 cm³/mol. The summed E-state index contributed by atoms with van der Waals surface area (Å²) in [7, 11) is 0. The lowest BCUT2D eigenvalue weighted by molar-refractivity contribution is 0.445. The number of aromatic nitrogens is 3. The van der Waals surface area contributed by atoms with Gasteiger partial charge in [-0.2, -0.15) is 0 Å². The third kappa shape index (κ3) is 2.98. The zero-order valence-corrected chi connectivity index (χ0v) is 11.2. The molecule has 0 aliphatic rings. The molecule has 0 aliphatic heterocycles. The molecule has 2 aromatic heterocycles. The van der Waals surface area contributed by atoms with Gasteiger partial charge in [-0.1, -0.05) is 6.92 Å². The van der Waals surface area contributed by atoms with E-state index >= 15 is 0 Å². The summed E-state index contributed by atoms with van der Waals surface area (Å²) >= 11 is 0. The minimum atomic E-state index is 0.645. The SMILES string of the molecule is CCCn1cncc1CNCc1nc(C)c(C)o1. The highest BCUT2D eigenvalue weighted by molar-refractivity contribution is 5.05. The van der Waals surface area contributed by atoms with E-state index in [1.165, 1.54) is 5.69 Å². The van der Waals surface area contributed by atoms with Crippen molar-refractivity contribution >= 4 is 0 Å². The molecule has 2 rings (SSSR count). The number of imidazole rings is 1. The molecule has 0 spiro atoms. The second kappa shape index (κ2) is 5.82. The van der Waals surface area contributed by atoms with Crippen LogP contribution >= 0.6 is 0 Å². The molecule has 5 heteroatoms. The Balaban J connectivity index is 1.86. The fraction of sp³-hybridized carbons (Fsp3) is 0.538. The zero-order chi connectivity index (χ0) is 13.0. The maximum absolute atomic E-state index is 5.52. The molecule has 0 aliphatic carbocycles. The van der Waals surface area contributed by atoms with E-state index in [-0.39, 0.29) is 0 Å². The number of hydrogen-bond donors (Lipinski definition) is 1. The summed E-state index contributed by atoms with van der Waals surface area (Å²) in [6, 6.07) is 0. The minimum absolute atomic E-state index is 0.645. The molecule has 98 valence electrons. The third-order valence-corrected chi connectivity index (χ3v) is 2.92. The molecule has 0 saturated carbocycles. The molecule has 0 saturated heterocycles. The van der Waals surface area contributed by atoms with Crippen LogP contribution in [-0.4, -0.2) is 14.5 Å². The molecule has 0 atom stereocenters. The quantitative estimate of drug-likeness (QED) is 0.851. The molecule has 2 heterocycles. The molecule has 0 unspecified atom stereocenters. The first-order valence-electron chi connectivity index (χ1n) is 6.33. The lowest BCUT2D eigenvalue weighted by atomic mass is 10.4. The second-order valence-corrected chi connectivity index (χ2v) is 4.43. The summed E-state index contributed by atoms with van der Waals surface area (Å²) < 4.78 is 7.68. The number of nitrogens with one attached hydrogen (secondary N) is 1. The Bertz CT molecular complexity index is 481. The van der Waals surface area contributed by atoms with Crippen LogP contribution in [0.5, 0.6) is 0 Å². The van der Waals surface area contributed by atoms with Gasteiger partial charge in [-0.3, -0.25) is 0 Å². The van der Waals surface area contributed by atoms with Crippen molar-refractivity contribution in [1.29, 1.82) is 0 Å². The molecular weight excluding hydrogens is 228 g/mol. The van der Waals surface area contributed by atoms with Crippen molar-refractivity contribution in [3.63, 3.8) is 0 Å². The standard InChI is InChI=1S/C13H20N4O/c1-4-5-17-9-15-7-12(17)6-14-8-13-16-10(2)11(3)18-13/h7,9,14H,4-6,8H2,1-3H3. The molecule has 5 nitrogen and oxygen atoms in total. The first-order chi connectivity index (χ1) is 8.70. The Kier molecular flexibility index (Phi) is 4.15. The summed E-state index contributed by atoms with van der Waals surface area (Å²) in [5.41, 5.74) is 2.15. The van der Waals surface area contributed by atoms with Crippen molar-refractivity contribution in [3.05, 3.63) is 35.6 Å². The highest BCUT2D eigenvalue weighted by atomic mass is 16.4. The van der Waals surface area contributed by atoms with Gasteiger partial charge >= 0.3 is 0 Å². The van der Waals surface area contributed by atoms with Crippen molar-refractivity contribution in [2.45, 2.75) is 46.8 Å². The normalized spacial score (nSPS) is 11.1. The molecule has 18 heavy (non-hydrogen) atoms. The van der Waals surface area contributed by atoms with E-state index in [4.69, 9.17) is 4.42 Å². The van der Waals surface area contributed by atoms with Gasteiger partial charge in [0, 0.05) is 19.3 Å². The predicted octanol–water partition coefficient (Wildman–Crippen LogP) is 2.19. The lowest BCUT2D eigenvalue weighted by Crippen LogP contribution is -2.16. The van der Waals surface area contributed by atoms with Crippen LogP contribution in [0.25, 0.3) is 0 Å². The number of aryl methyl sites for hydroxylation is 3. The average molecular weight is 248 g/mol. The van der Waals surface area contributed by atoms with Crippen molar-refractivity contribution in [2.75, 3.05) is 0 Å². The number of hydrogen-bond acceptors (Lipinski definition) is 4. The van der Waals surface area contributed by atoms with Gasteiger partial charge in [0.25, 0.3) is 0 Å². The molecule has 0 fully saturated rings. The zero-order valence-electron chi connectivity index (χ0n) is 11.2. The first kappa shape index (κ1) is 12.8. The summed E-state index contributed by atoms with van der Waals surface area (Å²) in [6.07, 6.45) is 4.89. The van der Waals surface area contributed by atoms with Crippen molar-refractivity contribution < 1.29 is 4.42 Å². The molecule has 2 aromatic rings. The number of oxazole rings is 1. The Morgan fingerprint density at radius 3 is 2.83 bits per heavy atom. The van der Waals surface area contributed by atoms with Gasteiger partial charge in [0.05, 0.1) is 24.3 Å². The molecule has 0 aromatic carbocycles. The van der Waals surface area contributed by atoms with Gasteiger partial charge in [-0.15, -0.1) is 0 Å². The van der Waals surface area contributed by atoms with E-state index in [0.29, 0.717) is 6.54 Å². The van der Waals surface area contributed by atoms with E-state index in [1.54, 1.807) is 0 Å². The summed E-state index contributed by atoms with van der Waals surface area (Å²) in [6.45, 7) is 8.48. The van der Waals surface area contributed by atoms with Crippen LogP contribution in [0.4, 0.5) is 0 Å². The van der Waals surface area contributed by atoms with E-state index in [2.05, 4.69) is 26.8 Å². The largest absolute Gasteiger partial charge is 0.444 e. The highest BCUT2D eigenvalue weighted by Crippen LogP contribution is 2.08. The first-order valence-corrected chi connectivity index (χ1v) is 6.33. The highest BCUT2D eigenvalue weighted by Gasteiger charge is 2.06. The Labute approximate surface area is 107 Å². The van der Waals surface area contributed by atoms with Gasteiger partial charge in [0.2, 0.25) is 5.89 Å². The van der Waals surface area contributed by atoms with E-state index in [9.17, 15) is 0 Å². The second-order valence-electron chi connectivity index (χ2n) is 4.43. The maximum atomic E-state index is 5.52. The smallest absolute Gasteiger partial charge is 0.208 e. The van der Waals surface area contributed by atoms with Gasteiger partial charge in [0.1, 0.15) is 5.76 Å². The molecule has 1 N–H and O–H groups in total. The van der Waals surface area contributed by atoms with Crippen LogP contribution in [0.1, 0.15) is 36.4 Å². The van der Waals surface area contributed by atoms with Crippen LogP contribution < -0.4 is 5.32 Å². The van der Waals surface area contributed by atoms with E-state index in [0.717, 1.165) is 36.9 Å². The fourth-order valence-corrected chi connectivity index (χ4v) is 1.85. The Hall–Kier alpha value is -1.62. The Morgan fingerprint density at radius 1 is 1.33 bits per heavy atom. The van der Waals surface area contributed by atoms with Crippen LogP contribution in [0.3, 0.4) is 0 Å². The van der Waals surface area contributed by atoms with Crippen molar-refractivity contribution in [1.82, 2.24) is 19.9 Å². The van der Waals surface area contributed by atoms with Crippen molar-refractivity contribution in [2.24, 2.45) is 0 Å². The van der Waals surface area contributed by atoms with Gasteiger partial charge in [-0.25, -0.2) is 9.97 Å². The molecular formula is C13H20N4O. The molecule has 0 radical (unpaired) electrons. The van der Waals surface area contributed by atoms with Gasteiger partial charge in [-0.05, 0) is 20.3 Å². The van der Waals surface area contributed by atoms with Crippen LogP contribution in [0.2, 0.25) is 0 Å². The van der Waals surface area contributed by atoms with Gasteiger partial charge < -0.3 is 14.3 Å². The summed E-state index contributed by atoms with van der Waals surface area (Å²) in [4.78, 5) is 8.50. The van der Waals surface area contributed by atoms with Crippen LogP contribution in [-0.2, 0) is 19.6 Å². The van der Waals surface area contributed by atoms with Crippen LogP contribution in [0.15, 0.2) is 16.9 Å². The minimum Gasteiger partial charge on any atom is -0.444 e. The van der Waals surface area contributed by atoms with E-state index in [1.807, 2.05) is 26.4 Å². The molecule has 0 amide bonds. The Morgan fingerprint density at radius 2 is 2.17 bits per heavy atom. The van der Waals surface area contributed by atoms with Crippen LogP contribution in [0, 0.1) is 13.8 Å². The number of nitrogens with zero attached hydrogens (tertiary/aromatic N) is 3. The third-order valence-electron chi connectivity index (χ3n) is 2.92. The topological polar surface area (TPSA) is 55.9 Å². The van der Waals surface area contributed by atoms with Crippen molar-refractivity contribution in [3.8, 4) is 0 Å². The summed E-state index contributed by atoms with van der Waals surface area (Å²) in [5, 5.41) is 3.33. The molecule has 0 bridgehead atoms. The maximum Gasteiger partial charge on any atom is 0.208 e. The van der Waals surface area contributed by atoms with E-state index < -0.39 is 0 Å². The van der Waals surface area contributed by atoms with Gasteiger partial charge in [0.15, 0.2) is 0 Å². The monoisotopic (exact) mass is 248 g/mol. The lowest BCUT2D eigenvalue weighted by Gasteiger charge is -2.06. The summed E-state index contributed by atoms with van der Waals surface area (Å²) in [5.74, 6) is 1.63. The number of rotatable bonds is 6. The average Bonchev–Trinajstić information content (AvgIpc) is 2.89. The fourth-order valence-electron chi connectivity index (χ4n) is 1.85.